The molecule has 0 spiro atoms. The van der Waals surface area contributed by atoms with Crippen molar-refractivity contribution in [3.05, 3.63) is 53.6 Å². The fourth-order valence-electron chi connectivity index (χ4n) is 3.52. The summed E-state index contributed by atoms with van der Waals surface area (Å²) >= 11 is 1.44. The Kier molecular flexibility index (Phi) is 5.98. The fourth-order valence-corrected chi connectivity index (χ4v) is 6.03. The fraction of sp³-hybridized carbons (Fsp3) is 0.333. The Hall–Kier alpha value is -2.53. The van der Waals surface area contributed by atoms with Gasteiger partial charge >= 0.3 is 0 Å². The monoisotopic (exact) mass is 460 g/mol. The summed E-state index contributed by atoms with van der Waals surface area (Å²) in [5.74, 6) is -0.381. The standard InChI is InChI=1S/C21H24N4O4S2/c1-13-4-9-18-19(10-13)30-21(22-18)24-23-20(26)16-5-7-17(8-6-16)31(27,28)25-11-14(2)29-15(3)12-25/h4-10,14-15H,11-12H2,1-3H3,(H,22,24)(H,23,26)/t14-,15-/m1/s1. The average Bonchev–Trinajstić information content (AvgIpc) is 3.13. The number of nitrogens with zero attached hydrogens (tertiary/aromatic N) is 2. The minimum absolute atomic E-state index is 0.153. The minimum atomic E-state index is -3.65. The van der Waals surface area contributed by atoms with Crippen LogP contribution in [0.25, 0.3) is 10.2 Å². The number of carbonyl (C=O) groups is 1. The van der Waals surface area contributed by atoms with Crippen molar-refractivity contribution in [1.82, 2.24) is 14.7 Å². The zero-order chi connectivity index (χ0) is 22.2. The first kappa shape index (κ1) is 21.7. The number of anilines is 1. The van der Waals surface area contributed by atoms with Crippen LogP contribution in [0.15, 0.2) is 47.4 Å². The van der Waals surface area contributed by atoms with Gasteiger partial charge in [0.05, 0.1) is 27.3 Å². The summed E-state index contributed by atoms with van der Waals surface area (Å²) in [6, 6.07) is 11.9. The molecule has 8 nitrogen and oxygen atoms in total. The highest BCUT2D eigenvalue weighted by molar-refractivity contribution is 7.89. The molecule has 0 bridgehead atoms. The number of hydrazine groups is 1. The molecular weight excluding hydrogens is 436 g/mol. The maximum Gasteiger partial charge on any atom is 0.269 e. The molecule has 1 aliphatic rings. The lowest BCUT2D eigenvalue weighted by Crippen LogP contribution is -2.48. The third-order valence-corrected chi connectivity index (χ3v) is 7.75. The molecule has 1 saturated heterocycles. The normalized spacial score (nSPS) is 20.0. The zero-order valence-electron chi connectivity index (χ0n) is 17.5. The number of carbonyl (C=O) groups excluding carboxylic acids is 1. The van der Waals surface area contributed by atoms with Crippen LogP contribution >= 0.6 is 11.3 Å². The molecule has 1 fully saturated rings. The van der Waals surface area contributed by atoms with Gasteiger partial charge < -0.3 is 4.74 Å². The number of benzene rings is 2. The maximum atomic E-state index is 12.9. The lowest BCUT2D eigenvalue weighted by atomic mass is 10.2. The molecule has 0 saturated carbocycles. The number of rotatable bonds is 5. The van der Waals surface area contributed by atoms with Crippen LogP contribution in [0.5, 0.6) is 0 Å². The topological polar surface area (TPSA) is 101 Å². The Labute approximate surface area is 185 Å². The van der Waals surface area contributed by atoms with Gasteiger partial charge in [-0.3, -0.25) is 15.6 Å². The Morgan fingerprint density at radius 2 is 1.81 bits per heavy atom. The maximum absolute atomic E-state index is 12.9. The summed E-state index contributed by atoms with van der Waals surface area (Å²) in [4.78, 5) is 17.0. The van der Waals surface area contributed by atoms with Crippen molar-refractivity contribution in [2.75, 3.05) is 18.5 Å². The molecule has 0 aliphatic carbocycles. The van der Waals surface area contributed by atoms with E-state index < -0.39 is 10.0 Å². The number of aryl methyl sites for hydroxylation is 1. The van der Waals surface area contributed by atoms with E-state index in [4.69, 9.17) is 4.74 Å². The van der Waals surface area contributed by atoms with E-state index in [1.165, 1.54) is 39.9 Å². The summed E-state index contributed by atoms with van der Waals surface area (Å²) in [6.45, 7) is 6.33. The zero-order valence-corrected chi connectivity index (χ0v) is 19.1. The number of aromatic nitrogens is 1. The van der Waals surface area contributed by atoms with Crippen LogP contribution in [-0.2, 0) is 14.8 Å². The number of thiazole rings is 1. The van der Waals surface area contributed by atoms with Gasteiger partial charge in [-0.2, -0.15) is 4.31 Å². The highest BCUT2D eigenvalue weighted by Crippen LogP contribution is 2.26. The molecule has 10 heteroatoms. The molecule has 2 aromatic carbocycles. The van der Waals surface area contributed by atoms with Crippen LogP contribution in [0.4, 0.5) is 5.13 Å². The Morgan fingerprint density at radius 3 is 2.48 bits per heavy atom. The van der Waals surface area contributed by atoms with Crippen molar-refractivity contribution in [2.45, 2.75) is 37.9 Å². The van der Waals surface area contributed by atoms with Crippen molar-refractivity contribution < 1.29 is 17.9 Å². The van der Waals surface area contributed by atoms with Gasteiger partial charge in [0.25, 0.3) is 5.91 Å². The van der Waals surface area contributed by atoms with Gasteiger partial charge in [-0.15, -0.1) is 0 Å². The quantitative estimate of drug-likeness (QED) is 0.568. The summed E-state index contributed by atoms with van der Waals surface area (Å²) in [6.07, 6.45) is -0.331. The molecule has 4 rings (SSSR count). The predicted octanol–water partition coefficient (Wildman–Crippen LogP) is 3.16. The molecule has 2 N–H and O–H groups in total. The molecule has 0 unspecified atom stereocenters. The van der Waals surface area contributed by atoms with E-state index in [1.807, 2.05) is 39.0 Å². The molecule has 1 aromatic heterocycles. The van der Waals surface area contributed by atoms with Crippen molar-refractivity contribution >= 4 is 42.6 Å². The molecule has 2 heterocycles. The van der Waals surface area contributed by atoms with Crippen molar-refractivity contribution in [3.8, 4) is 0 Å². The van der Waals surface area contributed by atoms with Gasteiger partial charge in [-0.25, -0.2) is 13.4 Å². The largest absolute Gasteiger partial charge is 0.373 e. The van der Waals surface area contributed by atoms with Gasteiger partial charge in [0.2, 0.25) is 15.2 Å². The van der Waals surface area contributed by atoms with Crippen molar-refractivity contribution in [3.63, 3.8) is 0 Å². The van der Waals surface area contributed by atoms with Crippen LogP contribution in [0.1, 0.15) is 29.8 Å². The van der Waals surface area contributed by atoms with E-state index in [2.05, 4.69) is 15.8 Å². The molecule has 1 aliphatic heterocycles. The molecule has 2 atom stereocenters. The first-order chi connectivity index (χ1) is 14.7. The van der Waals surface area contributed by atoms with Crippen LogP contribution in [0.2, 0.25) is 0 Å². The highest BCUT2D eigenvalue weighted by atomic mass is 32.2. The lowest BCUT2D eigenvalue weighted by Gasteiger charge is -2.34. The van der Waals surface area contributed by atoms with Gasteiger partial charge in [0.1, 0.15) is 0 Å². The molecule has 31 heavy (non-hydrogen) atoms. The van der Waals surface area contributed by atoms with Crippen LogP contribution in [0, 0.1) is 6.92 Å². The molecule has 164 valence electrons. The van der Waals surface area contributed by atoms with Gasteiger partial charge in [0.15, 0.2) is 0 Å². The van der Waals surface area contributed by atoms with E-state index >= 15 is 0 Å². The minimum Gasteiger partial charge on any atom is -0.373 e. The second-order valence-corrected chi connectivity index (χ2v) is 10.6. The third-order valence-electron chi connectivity index (χ3n) is 4.97. The summed E-state index contributed by atoms with van der Waals surface area (Å²) in [5, 5.41) is 0.573. The summed E-state index contributed by atoms with van der Waals surface area (Å²) in [5.41, 5.74) is 7.77. The smallest absolute Gasteiger partial charge is 0.269 e. The second kappa shape index (κ2) is 8.54. The number of hydrogen-bond donors (Lipinski definition) is 2. The number of nitrogens with one attached hydrogen (secondary N) is 2. The van der Waals surface area contributed by atoms with Crippen LogP contribution in [0.3, 0.4) is 0 Å². The van der Waals surface area contributed by atoms with Crippen molar-refractivity contribution in [1.29, 1.82) is 0 Å². The molecule has 1 amide bonds. The van der Waals surface area contributed by atoms with Gasteiger partial charge in [0, 0.05) is 18.7 Å². The molecular formula is C21H24N4O4S2. The Bertz CT molecular complexity index is 1200. The van der Waals surface area contributed by atoms with E-state index in [-0.39, 0.29) is 23.0 Å². The average molecular weight is 461 g/mol. The summed E-state index contributed by atoms with van der Waals surface area (Å²) in [7, 11) is -3.65. The molecule has 0 radical (unpaired) electrons. The number of fused-ring (bicyclic) bond motifs is 1. The molecule has 3 aromatic rings. The van der Waals surface area contributed by atoms with Crippen LogP contribution in [-0.4, -0.2) is 48.9 Å². The Balaban J connectivity index is 1.42. The highest BCUT2D eigenvalue weighted by Gasteiger charge is 2.32. The third kappa shape index (κ3) is 4.72. The number of sulfonamides is 1. The van der Waals surface area contributed by atoms with E-state index in [1.54, 1.807) is 0 Å². The number of morpholine rings is 1. The first-order valence-corrected chi connectivity index (χ1v) is 12.2. The number of hydrogen-bond acceptors (Lipinski definition) is 7. The van der Waals surface area contributed by atoms with Crippen LogP contribution < -0.4 is 10.9 Å². The number of ether oxygens (including phenoxy) is 1. The SMILES string of the molecule is Cc1ccc2nc(NNC(=O)c3ccc(S(=O)(=O)N4C[C@@H](C)O[C@H](C)C4)cc3)sc2c1. The van der Waals surface area contributed by atoms with Crippen molar-refractivity contribution in [2.24, 2.45) is 0 Å². The van der Waals surface area contributed by atoms with E-state index in [9.17, 15) is 13.2 Å². The summed E-state index contributed by atoms with van der Waals surface area (Å²) < 4.78 is 33.9. The predicted molar refractivity (Wildman–Crippen MR) is 121 cm³/mol. The van der Waals surface area contributed by atoms with Gasteiger partial charge in [-0.1, -0.05) is 17.4 Å². The van der Waals surface area contributed by atoms with E-state index in [0.29, 0.717) is 23.8 Å². The van der Waals surface area contributed by atoms with E-state index in [0.717, 1.165) is 15.8 Å². The Morgan fingerprint density at radius 1 is 1.13 bits per heavy atom. The lowest BCUT2D eigenvalue weighted by molar-refractivity contribution is -0.0440. The first-order valence-electron chi connectivity index (χ1n) is 9.91. The second-order valence-electron chi connectivity index (χ2n) is 7.67. The van der Waals surface area contributed by atoms with Gasteiger partial charge in [-0.05, 0) is 62.7 Å². The number of amides is 1.